The van der Waals surface area contributed by atoms with Crippen molar-refractivity contribution in [3.63, 3.8) is 0 Å². The van der Waals surface area contributed by atoms with Gasteiger partial charge in [0.2, 0.25) is 0 Å². The molecule has 0 amide bonds. The Hall–Kier alpha value is -1.69. The first-order valence-corrected chi connectivity index (χ1v) is 8.60. The van der Waals surface area contributed by atoms with Crippen LogP contribution in [0.3, 0.4) is 0 Å². The number of hydrogen-bond donors (Lipinski definition) is 1. The van der Waals surface area contributed by atoms with Crippen LogP contribution in [0, 0.1) is 13.8 Å². The first-order chi connectivity index (χ1) is 11.0. The third-order valence-electron chi connectivity index (χ3n) is 3.57. The topological polar surface area (TPSA) is 51.0 Å². The van der Waals surface area contributed by atoms with Crippen molar-refractivity contribution in [3.05, 3.63) is 57.7 Å². The van der Waals surface area contributed by atoms with Crippen molar-refractivity contribution in [3.8, 4) is 10.6 Å². The number of oxazole rings is 1. The van der Waals surface area contributed by atoms with E-state index in [0.717, 1.165) is 27.0 Å². The molecule has 4 nitrogen and oxygen atoms in total. The Bertz CT molecular complexity index is 795. The number of nitrogens with one attached hydrogen (secondary N) is 1. The molecule has 1 atom stereocenters. The number of aromatic nitrogens is 2. The van der Waals surface area contributed by atoms with E-state index in [9.17, 15) is 0 Å². The summed E-state index contributed by atoms with van der Waals surface area (Å²) in [6.45, 7) is 6.70. The average Bonchev–Trinajstić information content (AvgIpc) is 3.11. The summed E-state index contributed by atoms with van der Waals surface area (Å²) in [6.07, 6.45) is 1.69. The number of aryl methyl sites for hydroxylation is 2. The summed E-state index contributed by atoms with van der Waals surface area (Å²) in [6, 6.07) is 7.98. The van der Waals surface area contributed by atoms with Crippen LogP contribution in [0.15, 0.2) is 34.9 Å². The lowest BCUT2D eigenvalue weighted by Crippen LogP contribution is -2.18. The van der Waals surface area contributed by atoms with Crippen LogP contribution in [0.25, 0.3) is 10.6 Å². The maximum absolute atomic E-state index is 5.95. The van der Waals surface area contributed by atoms with Gasteiger partial charge in [-0.05, 0) is 26.0 Å². The molecule has 3 aromatic rings. The lowest BCUT2D eigenvalue weighted by atomic mass is 10.2. The molecule has 0 aliphatic heterocycles. The Balaban J connectivity index is 1.73. The van der Waals surface area contributed by atoms with Gasteiger partial charge in [0.15, 0.2) is 5.89 Å². The first-order valence-electron chi connectivity index (χ1n) is 7.40. The van der Waals surface area contributed by atoms with E-state index in [2.05, 4.69) is 17.2 Å². The Kier molecular flexibility index (Phi) is 4.80. The molecule has 6 heteroatoms. The summed E-state index contributed by atoms with van der Waals surface area (Å²) in [5, 5.41) is 5.22. The largest absolute Gasteiger partial charge is 0.449 e. The summed E-state index contributed by atoms with van der Waals surface area (Å²) in [4.78, 5) is 10.2. The Labute approximate surface area is 144 Å². The van der Waals surface area contributed by atoms with Crippen LogP contribution in [0.4, 0.5) is 0 Å². The molecule has 0 aliphatic rings. The zero-order valence-corrected chi connectivity index (χ0v) is 14.8. The van der Waals surface area contributed by atoms with Crippen LogP contribution in [0.5, 0.6) is 0 Å². The molecule has 0 fully saturated rings. The zero-order chi connectivity index (χ0) is 16.4. The van der Waals surface area contributed by atoms with E-state index in [0.29, 0.717) is 12.4 Å². The monoisotopic (exact) mass is 347 g/mol. The smallest absolute Gasteiger partial charge is 0.191 e. The highest BCUT2D eigenvalue weighted by Crippen LogP contribution is 2.32. The summed E-state index contributed by atoms with van der Waals surface area (Å²) in [5.41, 5.74) is 3.05. The molecule has 23 heavy (non-hydrogen) atoms. The summed E-state index contributed by atoms with van der Waals surface area (Å²) in [5.74, 6) is 0.688. The Morgan fingerprint density at radius 1 is 1.22 bits per heavy atom. The van der Waals surface area contributed by atoms with Crippen LogP contribution in [-0.2, 0) is 6.54 Å². The number of hydrogen-bond acceptors (Lipinski definition) is 5. The molecule has 1 aromatic carbocycles. The molecule has 0 aliphatic carbocycles. The van der Waals surface area contributed by atoms with Gasteiger partial charge in [-0.1, -0.05) is 23.7 Å². The SMILES string of the molecule is Cc1nc(CN[C@@H](C)c2sc(-c3ccc(Cl)cc3)nc2C)co1. The summed E-state index contributed by atoms with van der Waals surface area (Å²) < 4.78 is 5.23. The molecule has 0 saturated heterocycles. The molecular formula is C17H18ClN3OS. The minimum Gasteiger partial charge on any atom is -0.449 e. The van der Waals surface area contributed by atoms with Crippen molar-refractivity contribution >= 4 is 22.9 Å². The molecule has 0 spiro atoms. The van der Waals surface area contributed by atoms with Crippen molar-refractivity contribution in [2.75, 3.05) is 0 Å². The van der Waals surface area contributed by atoms with Crippen LogP contribution >= 0.6 is 22.9 Å². The van der Waals surface area contributed by atoms with Crippen molar-refractivity contribution in [2.45, 2.75) is 33.4 Å². The van der Waals surface area contributed by atoms with E-state index in [1.165, 1.54) is 4.88 Å². The zero-order valence-electron chi connectivity index (χ0n) is 13.3. The molecule has 0 radical (unpaired) electrons. The van der Waals surface area contributed by atoms with Crippen LogP contribution in [-0.4, -0.2) is 9.97 Å². The van der Waals surface area contributed by atoms with Crippen molar-refractivity contribution in [1.82, 2.24) is 15.3 Å². The number of thiazole rings is 1. The Morgan fingerprint density at radius 3 is 2.61 bits per heavy atom. The molecule has 2 heterocycles. The van der Waals surface area contributed by atoms with Gasteiger partial charge in [-0.3, -0.25) is 0 Å². The van der Waals surface area contributed by atoms with E-state index in [1.54, 1.807) is 17.6 Å². The summed E-state index contributed by atoms with van der Waals surface area (Å²) >= 11 is 7.65. The second kappa shape index (κ2) is 6.83. The molecule has 3 rings (SSSR count). The van der Waals surface area contributed by atoms with Crippen molar-refractivity contribution in [1.29, 1.82) is 0 Å². The van der Waals surface area contributed by atoms with Gasteiger partial charge in [-0.25, -0.2) is 9.97 Å². The van der Waals surface area contributed by atoms with Gasteiger partial charge in [0.05, 0.1) is 11.4 Å². The van der Waals surface area contributed by atoms with Crippen molar-refractivity contribution < 1.29 is 4.42 Å². The quantitative estimate of drug-likeness (QED) is 0.711. The van der Waals surface area contributed by atoms with Gasteiger partial charge >= 0.3 is 0 Å². The van der Waals surface area contributed by atoms with Crippen molar-refractivity contribution in [2.24, 2.45) is 0 Å². The predicted octanol–water partition coefficient (Wildman–Crippen LogP) is 4.92. The van der Waals surface area contributed by atoms with E-state index < -0.39 is 0 Å². The average molecular weight is 348 g/mol. The number of benzene rings is 1. The third-order valence-corrected chi connectivity index (χ3v) is 5.21. The van der Waals surface area contributed by atoms with Gasteiger partial charge in [-0.15, -0.1) is 11.3 Å². The number of nitrogens with zero attached hydrogens (tertiary/aromatic N) is 2. The van der Waals surface area contributed by atoms with Crippen LogP contribution < -0.4 is 5.32 Å². The lowest BCUT2D eigenvalue weighted by molar-refractivity contribution is 0.518. The van der Waals surface area contributed by atoms with Gasteiger partial charge in [0, 0.05) is 35.0 Å². The molecule has 1 N–H and O–H groups in total. The van der Waals surface area contributed by atoms with Gasteiger partial charge in [-0.2, -0.15) is 0 Å². The number of halogens is 1. The molecule has 0 saturated carbocycles. The molecule has 0 unspecified atom stereocenters. The predicted molar refractivity (Wildman–Crippen MR) is 93.8 cm³/mol. The van der Waals surface area contributed by atoms with Crippen LogP contribution in [0.1, 0.15) is 35.1 Å². The maximum Gasteiger partial charge on any atom is 0.191 e. The van der Waals surface area contributed by atoms with E-state index in [-0.39, 0.29) is 6.04 Å². The fraction of sp³-hybridized carbons (Fsp3) is 0.294. The third kappa shape index (κ3) is 3.80. The Morgan fingerprint density at radius 2 is 1.96 bits per heavy atom. The highest BCUT2D eigenvalue weighted by atomic mass is 35.5. The fourth-order valence-electron chi connectivity index (χ4n) is 2.37. The van der Waals surface area contributed by atoms with Gasteiger partial charge in [0.25, 0.3) is 0 Å². The maximum atomic E-state index is 5.95. The molecule has 120 valence electrons. The minimum atomic E-state index is 0.200. The second-order valence-corrected chi connectivity index (χ2v) is 6.90. The standard InChI is InChI=1S/C17H18ClN3OS/c1-10(19-8-15-9-22-12(3)21-15)16-11(2)20-17(23-16)13-4-6-14(18)7-5-13/h4-7,9-10,19H,8H2,1-3H3/t10-/m0/s1. The lowest BCUT2D eigenvalue weighted by Gasteiger charge is -2.11. The normalized spacial score (nSPS) is 12.5. The van der Waals surface area contributed by atoms with E-state index in [4.69, 9.17) is 21.0 Å². The highest BCUT2D eigenvalue weighted by molar-refractivity contribution is 7.15. The van der Waals surface area contributed by atoms with Gasteiger partial charge in [0.1, 0.15) is 11.3 Å². The molecular weight excluding hydrogens is 330 g/mol. The molecule has 0 bridgehead atoms. The highest BCUT2D eigenvalue weighted by Gasteiger charge is 2.15. The first kappa shape index (κ1) is 16.2. The fourth-order valence-corrected chi connectivity index (χ4v) is 3.59. The van der Waals surface area contributed by atoms with Gasteiger partial charge < -0.3 is 9.73 Å². The second-order valence-electron chi connectivity index (χ2n) is 5.44. The summed E-state index contributed by atoms with van der Waals surface area (Å²) in [7, 11) is 0. The minimum absolute atomic E-state index is 0.200. The number of rotatable bonds is 5. The molecule has 2 aromatic heterocycles. The van der Waals surface area contributed by atoms with E-state index >= 15 is 0 Å². The van der Waals surface area contributed by atoms with Crippen LogP contribution in [0.2, 0.25) is 5.02 Å². The van der Waals surface area contributed by atoms with E-state index in [1.807, 2.05) is 38.1 Å².